The Hall–Kier alpha value is -2.33. The lowest BCUT2D eigenvalue weighted by molar-refractivity contribution is -0.00199. The minimum atomic E-state index is -1.07. The summed E-state index contributed by atoms with van der Waals surface area (Å²) in [6.07, 6.45) is -1.07. The van der Waals surface area contributed by atoms with Crippen LogP contribution in [0.1, 0.15) is 86.6 Å². The third-order valence-electron chi connectivity index (χ3n) is 4.88. The van der Waals surface area contributed by atoms with Crippen molar-refractivity contribution < 1.29 is 19.7 Å². The van der Waals surface area contributed by atoms with E-state index in [9.17, 15) is 15.0 Å². The fourth-order valence-corrected chi connectivity index (χ4v) is 3.47. The average molecular weight is 399 g/mol. The van der Waals surface area contributed by atoms with E-state index < -0.39 is 6.29 Å². The highest BCUT2D eigenvalue weighted by Crippen LogP contribution is 2.40. The molecule has 0 aliphatic heterocycles. The SMILES string of the molecule is Cc1cc(C(=O)c2cc(C)cc(C(C)(C)C)c2OC(C)O)c(O)c(C(C)(C)C)c1. The Morgan fingerprint density at radius 1 is 0.862 bits per heavy atom. The zero-order valence-corrected chi connectivity index (χ0v) is 19.1. The number of aliphatic hydroxyl groups is 1. The van der Waals surface area contributed by atoms with Gasteiger partial charge in [0.05, 0.1) is 11.1 Å². The van der Waals surface area contributed by atoms with Crippen molar-refractivity contribution in [2.24, 2.45) is 0 Å². The first-order valence-electron chi connectivity index (χ1n) is 10.0. The van der Waals surface area contributed by atoms with Crippen LogP contribution in [0.2, 0.25) is 0 Å². The van der Waals surface area contributed by atoms with Gasteiger partial charge in [0.15, 0.2) is 6.29 Å². The molecule has 1 unspecified atom stereocenters. The number of carbonyl (C=O) groups excluding carboxylic acids is 1. The first-order chi connectivity index (χ1) is 13.1. The van der Waals surface area contributed by atoms with Crippen molar-refractivity contribution in [3.05, 3.63) is 57.6 Å². The van der Waals surface area contributed by atoms with Gasteiger partial charge in [-0.15, -0.1) is 0 Å². The molecule has 0 bridgehead atoms. The van der Waals surface area contributed by atoms with Gasteiger partial charge in [-0.05, 0) is 54.9 Å². The summed E-state index contributed by atoms with van der Waals surface area (Å²) in [6.45, 7) is 17.5. The molecule has 0 radical (unpaired) electrons. The van der Waals surface area contributed by atoms with Gasteiger partial charge in [0.25, 0.3) is 0 Å². The Balaban J connectivity index is 2.80. The van der Waals surface area contributed by atoms with Crippen LogP contribution in [0, 0.1) is 13.8 Å². The maximum absolute atomic E-state index is 13.6. The lowest BCUT2D eigenvalue weighted by atomic mass is 9.81. The van der Waals surface area contributed by atoms with Gasteiger partial charge in [-0.2, -0.15) is 0 Å². The van der Waals surface area contributed by atoms with Gasteiger partial charge in [-0.1, -0.05) is 53.7 Å². The predicted octanol–water partition coefficient (Wildman–Crippen LogP) is 5.55. The molecule has 2 aromatic carbocycles. The van der Waals surface area contributed by atoms with E-state index >= 15 is 0 Å². The highest BCUT2D eigenvalue weighted by Gasteiger charge is 2.29. The van der Waals surface area contributed by atoms with Crippen LogP contribution in [0.3, 0.4) is 0 Å². The number of hydrogen-bond donors (Lipinski definition) is 2. The number of aryl methyl sites for hydroxylation is 2. The number of ketones is 1. The minimum absolute atomic E-state index is 0.00471. The van der Waals surface area contributed by atoms with Crippen LogP contribution in [0.25, 0.3) is 0 Å². The average Bonchev–Trinajstić information content (AvgIpc) is 2.54. The number of carbonyl (C=O) groups is 1. The van der Waals surface area contributed by atoms with Gasteiger partial charge in [0.2, 0.25) is 5.78 Å². The van der Waals surface area contributed by atoms with Gasteiger partial charge in [-0.25, -0.2) is 0 Å². The van der Waals surface area contributed by atoms with E-state index in [1.165, 1.54) is 6.92 Å². The molecule has 1 atom stereocenters. The van der Waals surface area contributed by atoms with Crippen LogP contribution in [-0.4, -0.2) is 22.3 Å². The molecule has 0 spiro atoms. The molecular formula is C25H34O4. The molecule has 158 valence electrons. The smallest absolute Gasteiger partial charge is 0.200 e. The number of aliphatic hydroxyl groups excluding tert-OH is 1. The Kier molecular flexibility index (Phi) is 6.20. The van der Waals surface area contributed by atoms with Crippen molar-refractivity contribution in [1.29, 1.82) is 0 Å². The van der Waals surface area contributed by atoms with E-state index in [4.69, 9.17) is 4.74 Å². The zero-order valence-electron chi connectivity index (χ0n) is 19.1. The molecule has 0 saturated heterocycles. The molecule has 2 aromatic rings. The number of ether oxygens (including phenoxy) is 1. The number of phenols is 1. The third kappa shape index (κ3) is 4.99. The summed E-state index contributed by atoms with van der Waals surface area (Å²) in [7, 11) is 0. The molecule has 0 saturated carbocycles. The van der Waals surface area contributed by atoms with Gasteiger partial charge >= 0.3 is 0 Å². The summed E-state index contributed by atoms with van der Waals surface area (Å²) in [4.78, 5) is 13.6. The summed E-state index contributed by atoms with van der Waals surface area (Å²) >= 11 is 0. The minimum Gasteiger partial charge on any atom is -0.507 e. The fraction of sp³-hybridized carbons (Fsp3) is 0.480. The summed E-state index contributed by atoms with van der Waals surface area (Å²) < 4.78 is 5.72. The van der Waals surface area contributed by atoms with Gasteiger partial charge in [-0.3, -0.25) is 4.79 Å². The van der Waals surface area contributed by atoms with E-state index in [1.807, 2.05) is 67.5 Å². The van der Waals surface area contributed by atoms with Crippen LogP contribution >= 0.6 is 0 Å². The van der Waals surface area contributed by atoms with Crippen molar-refractivity contribution in [3.63, 3.8) is 0 Å². The van der Waals surface area contributed by atoms with Crippen LogP contribution < -0.4 is 4.74 Å². The second-order valence-corrected chi connectivity index (χ2v) is 9.94. The van der Waals surface area contributed by atoms with Gasteiger partial charge in [0, 0.05) is 11.1 Å². The predicted molar refractivity (Wildman–Crippen MR) is 117 cm³/mol. The molecule has 0 amide bonds. The maximum atomic E-state index is 13.6. The molecule has 0 fully saturated rings. The van der Waals surface area contributed by atoms with Crippen molar-refractivity contribution >= 4 is 5.78 Å². The molecule has 4 nitrogen and oxygen atoms in total. The number of rotatable bonds is 4. The van der Waals surface area contributed by atoms with Crippen molar-refractivity contribution in [2.45, 2.75) is 79.4 Å². The molecular weight excluding hydrogens is 364 g/mol. The Labute approximate surface area is 174 Å². The molecule has 2 rings (SSSR count). The summed E-state index contributed by atoms with van der Waals surface area (Å²) in [5, 5.41) is 20.8. The van der Waals surface area contributed by atoms with Gasteiger partial charge in [0.1, 0.15) is 11.5 Å². The molecule has 29 heavy (non-hydrogen) atoms. The quantitative estimate of drug-likeness (QED) is 0.523. The van der Waals surface area contributed by atoms with Crippen LogP contribution in [-0.2, 0) is 10.8 Å². The second kappa shape index (κ2) is 7.83. The van der Waals surface area contributed by atoms with Crippen molar-refractivity contribution in [1.82, 2.24) is 0 Å². The van der Waals surface area contributed by atoms with Gasteiger partial charge < -0.3 is 14.9 Å². The Morgan fingerprint density at radius 2 is 1.31 bits per heavy atom. The highest BCUT2D eigenvalue weighted by atomic mass is 16.6. The molecule has 2 N–H and O–H groups in total. The standard InChI is InChI=1S/C25H34O4/c1-14-10-17(22(28)19(12-14)24(4,5)6)21(27)18-11-15(2)13-20(25(7,8)9)23(18)29-16(3)26/h10-13,16,26,28H,1-9H3. The first kappa shape index (κ1) is 23.0. The van der Waals surface area contributed by atoms with Crippen molar-refractivity contribution in [3.8, 4) is 11.5 Å². The second-order valence-electron chi connectivity index (χ2n) is 9.94. The van der Waals surface area contributed by atoms with E-state index in [1.54, 1.807) is 12.1 Å². The van der Waals surface area contributed by atoms with Crippen LogP contribution in [0.4, 0.5) is 0 Å². The summed E-state index contributed by atoms with van der Waals surface area (Å²) in [6, 6.07) is 7.35. The fourth-order valence-electron chi connectivity index (χ4n) is 3.47. The lowest BCUT2D eigenvalue weighted by Gasteiger charge is -2.27. The van der Waals surface area contributed by atoms with E-state index in [0.717, 1.165) is 22.3 Å². The van der Waals surface area contributed by atoms with E-state index in [0.29, 0.717) is 11.3 Å². The van der Waals surface area contributed by atoms with E-state index in [-0.39, 0.29) is 27.9 Å². The summed E-state index contributed by atoms with van der Waals surface area (Å²) in [5.41, 5.74) is 3.36. The molecule has 0 heterocycles. The Morgan fingerprint density at radius 3 is 1.76 bits per heavy atom. The normalized spacial score (nSPS) is 13.3. The number of phenolic OH excluding ortho intramolecular Hbond substituents is 1. The molecule has 4 heteroatoms. The van der Waals surface area contributed by atoms with Crippen LogP contribution in [0.5, 0.6) is 11.5 Å². The Bertz CT molecular complexity index is 925. The maximum Gasteiger partial charge on any atom is 0.200 e. The largest absolute Gasteiger partial charge is 0.507 e. The van der Waals surface area contributed by atoms with E-state index in [2.05, 4.69) is 0 Å². The first-order valence-corrected chi connectivity index (χ1v) is 10.0. The highest BCUT2D eigenvalue weighted by molar-refractivity contribution is 6.13. The molecule has 0 aliphatic carbocycles. The molecule has 0 aliphatic rings. The molecule has 0 aromatic heterocycles. The topological polar surface area (TPSA) is 66.8 Å². The number of hydrogen-bond acceptors (Lipinski definition) is 4. The monoisotopic (exact) mass is 398 g/mol. The third-order valence-corrected chi connectivity index (χ3v) is 4.88. The number of benzene rings is 2. The lowest BCUT2D eigenvalue weighted by Crippen LogP contribution is -2.21. The zero-order chi connectivity index (χ0) is 22.3. The number of aromatic hydroxyl groups is 1. The summed E-state index contributed by atoms with van der Waals surface area (Å²) in [5.74, 6) is 0.0396. The van der Waals surface area contributed by atoms with Crippen LogP contribution in [0.15, 0.2) is 24.3 Å². The van der Waals surface area contributed by atoms with Crippen molar-refractivity contribution in [2.75, 3.05) is 0 Å².